The molecule has 3 rings (SSSR count). The third-order valence-electron chi connectivity index (χ3n) is 4.80. The topological polar surface area (TPSA) is 61.9 Å². The van der Waals surface area contributed by atoms with Crippen molar-refractivity contribution < 1.29 is 14.3 Å². The van der Waals surface area contributed by atoms with Gasteiger partial charge >= 0.3 is 6.09 Å². The van der Waals surface area contributed by atoms with E-state index >= 15 is 0 Å². The molecule has 2 aliphatic rings. The van der Waals surface area contributed by atoms with E-state index < -0.39 is 12.1 Å². The van der Waals surface area contributed by atoms with E-state index in [1.165, 1.54) is 5.57 Å². The quantitative estimate of drug-likeness (QED) is 0.882. The molecule has 0 aromatic heterocycles. The summed E-state index contributed by atoms with van der Waals surface area (Å²) in [5.74, 6) is -0.0977. The fourth-order valence-corrected chi connectivity index (χ4v) is 3.40. The number of hydrogen-bond acceptors (Lipinski definition) is 4. The molecular weight excluding hydrogens is 330 g/mol. The lowest BCUT2D eigenvalue weighted by atomic mass is 10.0. The summed E-state index contributed by atoms with van der Waals surface area (Å²) in [6.07, 6.45) is 6.86. The summed E-state index contributed by atoms with van der Waals surface area (Å²) in [6, 6.07) is 9.09. The number of benzene rings is 1. The first kappa shape index (κ1) is 18.0. The number of carbonyl (C=O) groups excluding carboxylic acids is 2. The zero-order valence-corrected chi connectivity index (χ0v) is 15.2. The van der Waals surface area contributed by atoms with Crippen molar-refractivity contribution in [2.24, 2.45) is 0 Å². The second-order valence-corrected chi connectivity index (χ2v) is 6.56. The SMILES string of the molecule is CCC1C(C)=CC=CN1N1CC[C@H](NC(=O)OCc2ccccc2)C1=O. The molecule has 0 bridgehead atoms. The van der Waals surface area contributed by atoms with Gasteiger partial charge < -0.3 is 10.1 Å². The number of allylic oxidation sites excluding steroid dienone is 2. The standard InChI is InChI=1S/C20H25N3O3/c1-3-18-15(2)8-7-12-22(18)23-13-11-17(19(23)24)21-20(25)26-14-16-9-5-4-6-10-16/h4-10,12,17-18H,3,11,13-14H2,1-2H3,(H,21,25)/t17-,18?/m0/s1. The Morgan fingerprint density at radius 3 is 2.81 bits per heavy atom. The summed E-state index contributed by atoms with van der Waals surface area (Å²) in [7, 11) is 0. The number of alkyl carbamates (subject to hydrolysis) is 1. The van der Waals surface area contributed by atoms with Crippen LogP contribution >= 0.6 is 0 Å². The first-order chi connectivity index (χ1) is 12.6. The molecule has 0 spiro atoms. The van der Waals surface area contributed by atoms with Gasteiger partial charge in [0.25, 0.3) is 5.91 Å². The average Bonchev–Trinajstić information content (AvgIpc) is 3.01. The maximum Gasteiger partial charge on any atom is 0.408 e. The Morgan fingerprint density at radius 1 is 1.31 bits per heavy atom. The van der Waals surface area contributed by atoms with Crippen molar-refractivity contribution in [3.05, 3.63) is 59.8 Å². The van der Waals surface area contributed by atoms with Crippen LogP contribution < -0.4 is 5.32 Å². The molecule has 2 atom stereocenters. The van der Waals surface area contributed by atoms with Gasteiger partial charge in [-0.1, -0.05) is 43.3 Å². The molecule has 0 aliphatic carbocycles. The summed E-state index contributed by atoms with van der Waals surface area (Å²) in [5, 5.41) is 6.40. The molecule has 1 fully saturated rings. The fraction of sp³-hybridized carbons (Fsp3) is 0.400. The van der Waals surface area contributed by atoms with Crippen LogP contribution in [0.15, 0.2) is 54.3 Å². The van der Waals surface area contributed by atoms with Gasteiger partial charge in [-0.05, 0) is 37.0 Å². The number of nitrogens with zero attached hydrogens (tertiary/aromatic N) is 2. The van der Waals surface area contributed by atoms with Gasteiger partial charge in [0.15, 0.2) is 0 Å². The predicted octanol–water partition coefficient (Wildman–Crippen LogP) is 2.98. The Balaban J connectivity index is 1.55. The van der Waals surface area contributed by atoms with Gasteiger partial charge in [-0.25, -0.2) is 4.79 Å². The van der Waals surface area contributed by atoms with Crippen molar-refractivity contribution >= 4 is 12.0 Å². The molecular formula is C20H25N3O3. The molecule has 1 unspecified atom stereocenters. The van der Waals surface area contributed by atoms with Crippen molar-refractivity contribution in [3.8, 4) is 0 Å². The van der Waals surface area contributed by atoms with Crippen molar-refractivity contribution in [1.82, 2.24) is 15.3 Å². The number of rotatable bonds is 5. The second kappa shape index (κ2) is 8.08. The van der Waals surface area contributed by atoms with E-state index in [1.54, 1.807) is 5.01 Å². The van der Waals surface area contributed by atoms with E-state index in [9.17, 15) is 9.59 Å². The minimum Gasteiger partial charge on any atom is -0.445 e. The van der Waals surface area contributed by atoms with E-state index in [4.69, 9.17) is 4.74 Å². The smallest absolute Gasteiger partial charge is 0.408 e. The second-order valence-electron chi connectivity index (χ2n) is 6.56. The molecule has 1 aromatic rings. The summed E-state index contributed by atoms with van der Waals surface area (Å²) in [6.45, 7) is 4.94. The zero-order chi connectivity index (χ0) is 18.5. The highest BCUT2D eigenvalue weighted by molar-refractivity contribution is 5.87. The van der Waals surface area contributed by atoms with Crippen LogP contribution in [0, 0.1) is 0 Å². The number of hydrazine groups is 1. The van der Waals surface area contributed by atoms with Crippen LogP contribution in [0.5, 0.6) is 0 Å². The van der Waals surface area contributed by atoms with Crippen molar-refractivity contribution in [2.45, 2.75) is 45.4 Å². The van der Waals surface area contributed by atoms with Gasteiger partial charge in [0.05, 0.1) is 6.04 Å². The summed E-state index contributed by atoms with van der Waals surface area (Å²) in [4.78, 5) is 24.8. The summed E-state index contributed by atoms with van der Waals surface area (Å²) < 4.78 is 5.22. The highest BCUT2D eigenvalue weighted by Crippen LogP contribution is 2.25. The molecule has 1 N–H and O–H groups in total. The molecule has 1 saturated heterocycles. The molecule has 6 nitrogen and oxygen atoms in total. The number of carbonyl (C=O) groups is 2. The molecule has 138 valence electrons. The molecule has 2 amide bonds. The average molecular weight is 355 g/mol. The van der Waals surface area contributed by atoms with Crippen LogP contribution in [-0.2, 0) is 16.1 Å². The van der Waals surface area contributed by atoms with Crippen LogP contribution in [0.3, 0.4) is 0 Å². The van der Waals surface area contributed by atoms with E-state index in [-0.39, 0.29) is 18.6 Å². The number of nitrogens with one attached hydrogen (secondary N) is 1. The van der Waals surface area contributed by atoms with E-state index in [0.29, 0.717) is 13.0 Å². The predicted molar refractivity (Wildman–Crippen MR) is 98.7 cm³/mol. The van der Waals surface area contributed by atoms with Gasteiger partial charge in [0.1, 0.15) is 12.6 Å². The Bertz CT molecular complexity index is 714. The molecule has 26 heavy (non-hydrogen) atoms. The maximum atomic E-state index is 12.7. The van der Waals surface area contributed by atoms with Crippen LogP contribution in [0.4, 0.5) is 4.79 Å². The van der Waals surface area contributed by atoms with Gasteiger partial charge in [0, 0.05) is 12.7 Å². The van der Waals surface area contributed by atoms with E-state index in [0.717, 1.165) is 12.0 Å². The Kier molecular flexibility index (Phi) is 5.61. The highest BCUT2D eigenvalue weighted by Gasteiger charge is 2.38. The third-order valence-corrected chi connectivity index (χ3v) is 4.80. The van der Waals surface area contributed by atoms with E-state index in [1.807, 2.05) is 47.6 Å². The normalized spacial score (nSPS) is 22.4. The van der Waals surface area contributed by atoms with Crippen molar-refractivity contribution in [1.29, 1.82) is 0 Å². The third kappa shape index (κ3) is 3.90. The first-order valence-corrected chi connectivity index (χ1v) is 9.02. The van der Waals surface area contributed by atoms with Crippen LogP contribution in [0.25, 0.3) is 0 Å². The van der Waals surface area contributed by atoms with Gasteiger partial charge in [-0.15, -0.1) is 0 Å². The fourth-order valence-electron chi connectivity index (χ4n) is 3.40. The van der Waals surface area contributed by atoms with Gasteiger partial charge in [-0.2, -0.15) is 0 Å². The minimum absolute atomic E-state index is 0.0977. The molecule has 2 heterocycles. The molecule has 0 saturated carbocycles. The molecule has 0 radical (unpaired) electrons. The minimum atomic E-state index is -0.564. The highest BCUT2D eigenvalue weighted by atomic mass is 16.5. The van der Waals surface area contributed by atoms with Crippen molar-refractivity contribution in [3.63, 3.8) is 0 Å². The first-order valence-electron chi connectivity index (χ1n) is 9.02. The summed E-state index contributed by atoms with van der Waals surface area (Å²) >= 11 is 0. The maximum absolute atomic E-state index is 12.7. The van der Waals surface area contributed by atoms with Crippen LogP contribution in [0.2, 0.25) is 0 Å². The Hall–Kier alpha value is -2.76. The molecule has 1 aromatic carbocycles. The lowest BCUT2D eigenvalue weighted by Crippen LogP contribution is -2.50. The monoisotopic (exact) mass is 355 g/mol. The number of ether oxygens (including phenoxy) is 1. The number of amides is 2. The number of hydrogen-bond donors (Lipinski definition) is 1. The Labute approximate surface area is 154 Å². The lowest BCUT2D eigenvalue weighted by molar-refractivity contribution is -0.142. The lowest BCUT2D eigenvalue weighted by Gasteiger charge is -2.39. The Morgan fingerprint density at radius 2 is 2.08 bits per heavy atom. The molecule has 2 aliphatic heterocycles. The van der Waals surface area contributed by atoms with Crippen LogP contribution in [-0.4, -0.2) is 40.6 Å². The van der Waals surface area contributed by atoms with Gasteiger partial charge in [-0.3, -0.25) is 14.8 Å². The largest absolute Gasteiger partial charge is 0.445 e. The van der Waals surface area contributed by atoms with Crippen molar-refractivity contribution in [2.75, 3.05) is 6.54 Å². The zero-order valence-electron chi connectivity index (χ0n) is 15.2. The van der Waals surface area contributed by atoms with Gasteiger partial charge in [0.2, 0.25) is 0 Å². The molecule has 6 heteroatoms. The summed E-state index contributed by atoms with van der Waals surface area (Å²) in [5.41, 5.74) is 2.13. The van der Waals surface area contributed by atoms with E-state index in [2.05, 4.69) is 25.2 Å². The van der Waals surface area contributed by atoms with Crippen LogP contribution in [0.1, 0.15) is 32.3 Å².